The van der Waals surface area contributed by atoms with E-state index in [2.05, 4.69) is 10.6 Å². The van der Waals surface area contributed by atoms with Crippen molar-refractivity contribution in [2.24, 2.45) is 11.8 Å². The molecule has 8 rings (SSSR count). The largest absolute Gasteiger partial charge is 0.493 e. The van der Waals surface area contributed by atoms with Gasteiger partial charge in [-0.25, -0.2) is 8.78 Å². The van der Waals surface area contributed by atoms with Crippen LogP contribution in [-0.2, 0) is 6.37 Å². The molecule has 2 fully saturated rings. The Labute approximate surface area is 287 Å². The van der Waals surface area contributed by atoms with Crippen molar-refractivity contribution in [3.63, 3.8) is 0 Å². The van der Waals surface area contributed by atoms with E-state index in [4.69, 9.17) is 28.4 Å². The molecule has 2 saturated heterocycles. The average molecular weight is 674 g/mol. The Morgan fingerprint density at radius 3 is 1.88 bits per heavy atom. The number of nitrogens with one attached hydrogen (secondary N) is 2. The van der Waals surface area contributed by atoms with Crippen molar-refractivity contribution in [1.82, 2.24) is 10.6 Å². The molecule has 10 heteroatoms. The van der Waals surface area contributed by atoms with Gasteiger partial charge < -0.3 is 39.1 Å². The molecule has 4 heterocycles. The fourth-order valence-corrected chi connectivity index (χ4v) is 7.34. The van der Waals surface area contributed by atoms with Gasteiger partial charge in [-0.15, -0.1) is 0 Å². The van der Waals surface area contributed by atoms with Gasteiger partial charge in [0.05, 0.1) is 13.2 Å². The Bertz CT molecular complexity index is 1860. The highest BCUT2D eigenvalue weighted by Gasteiger charge is 2.30. The van der Waals surface area contributed by atoms with E-state index in [0.717, 1.165) is 43.6 Å². The SMILES string of the molecule is [2H][13C]([2H])(c1cc2c(cc1OC[C@@H]1CNCC[C@H]1c1ccc(F)cc1)OCO2)c1cc(OC[C@@H]2CNCC[C@H]2c2ccc(F)cc2)cc2c1OCO2. The Morgan fingerprint density at radius 2 is 1.22 bits per heavy atom. The lowest BCUT2D eigenvalue weighted by Crippen LogP contribution is -2.38. The molecular formula is C39H40F2N2O6. The number of ether oxygens (including phenoxy) is 6. The summed E-state index contributed by atoms with van der Waals surface area (Å²) < 4.78 is 82.4. The molecule has 0 spiro atoms. The highest BCUT2D eigenvalue weighted by molar-refractivity contribution is 5.58. The first-order valence-corrected chi connectivity index (χ1v) is 16.9. The van der Waals surface area contributed by atoms with Crippen LogP contribution in [0.15, 0.2) is 72.8 Å². The van der Waals surface area contributed by atoms with Crippen LogP contribution in [0, 0.1) is 23.5 Å². The van der Waals surface area contributed by atoms with Crippen LogP contribution >= 0.6 is 0 Å². The van der Waals surface area contributed by atoms with E-state index in [1.165, 1.54) is 24.3 Å². The van der Waals surface area contributed by atoms with Crippen molar-refractivity contribution < 1.29 is 39.9 Å². The van der Waals surface area contributed by atoms with Crippen molar-refractivity contribution in [1.29, 1.82) is 0 Å². The summed E-state index contributed by atoms with van der Waals surface area (Å²) in [6.07, 6.45) is -0.382. The number of hydrogen-bond acceptors (Lipinski definition) is 8. The average Bonchev–Trinajstić information content (AvgIpc) is 3.83. The van der Waals surface area contributed by atoms with Crippen molar-refractivity contribution >= 4 is 0 Å². The van der Waals surface area contributed by atoms with Gasteiger partial charge in [0.25, 0.3) is 0 Å². The third-order valence-electron chi connectivity index (χ3n) is 9.92. The van der Waals surface area contributed by atoms with Gasteiger partial charge in [-0.1, -0.05) is 24.3 Å². The minimum atomic E-state index is -2.14. The molecular weight excluding hydrogens is 631 g/mol. The van der Waals surface area contributed by atoms with E-state index in [1.807, 2.05) is 24.3 Å². The summed E-state index contributed by atoms with van der Waals surface area (Å²) in [4.78, 5) is 0. The van der Waals surface area contributed by atoms with E-state index >= 15 is 0 Å². The van der Waals surface area contributed by atoms with Crippen LogP contribution in [0.1, 0.15) is 49.7 Å². The van der Waals surface area contributed by atoms with Gasteiger partial charge in [0.1, 0.15) is 23.1 Å². The smallest absolute Gasteiger partial charge is 0.231 e. The summed E-state index contributed by atoms with van der Waals surface area (Å²) in [5, 5.41) is 6.89. The first kappa shape index (κ1) is 29.4. The monoisotopic (exact) mass is 673 g/mol. The lowest BCUT2D eigenvalue weighted by Gasteiger charge is -2.32. The van der Waals surface area contributed by atoms with E-state index in [0.29, 0.717) is 54.3 Å². The third-order valence-corrected chi connectivity index (χ3v) is 9.92. The molecule has 4 aromatic carbocycles. The van der Waals surface area contributed by atoms with Crippen LogP contribution in [0.2, 0.25) is 0 Å². The maximum absolute atomic E-state index is 13.7. The Hall–Kier alpha value is -4.54. The van der Waals surface area contributed by atoms with Gasteiger partial charge >= 0.3 is 0 Å². The zero-order valence-electron chi connectivity index (χ0n) is 29.0. The Morgan fingerprint density at radius 1 is 0.653 bits per heavy atom. The predicted molar refractivity (Wildman–Crippen MR) is 179 cm³/mol. The van der Waals surface area contributed by atoms with Crippen LogP contribution in [0.25, 0.3) is 0 Å². The summed E-state index contributed by atoms with van der Waals surface area (Å²) in [5.74, 6) is 2.30. The second kappa shape index (κ2) is 14.1. The number of halogens is 2. The first-order chi connectivity index (χ1) is 24.8. The minimum absolute atomic E-state index is 0.0189. The van der Waals surface area contributed by atoms with Gasteiger partial charge in [0.15, 0.2) is 23.0 Å². The molecule has 0 radical (unpaired) electrons. The normalized spacial score (nSPS) is 23.5. The maximum atomic E-state index is 13.7. The van der Waals surface area contributed by atoms with E-state index in [9.17, 15) is 11.5 Å². The zero-order valence-corrected chi connectivity index (χ0v) is 27.0. The first-order valence-electron chi connectivity index (χ1n) is 17.9. The van der Waals surface area contributed by atoms with Gasteiger partial charge in [-0.2, -0.15) is 0 Å². The molecule has 0 aromatic heterocycles. The van der Waals surface area contributed by atoms with Crippen molar-refractivity contribution in [3.8, 4) is 34.5 Å². The fraction of sp³-hybridized carbons (Fsp3) is 0.385. The van der Waals surface area contributed by atoms with Gasteiger partial charge in [-0.05, 0) is 85.3 Å². The molecule has 2 N–H and O–H groups in total. The molecule has 0 saturated carbocycles. The van der Waals surface area contributed by atoms with Crippen LogP contribution < -0.4 is 39.1 Å². The van der Waals surface area contributed by atoms with E-state index in [1.54, 1.807) is 24.3 Å². The van der Waals surface area contributed by atoms with Gasteiger partial charge in [0, 0.05) is 57.3 Å². The molecule has 0 amide bonds. The number of benzene rings is 4. The van der Waals surface area contributed by atoms with Crippen LogP contribution in [0.4, 0.5) is 8.78 Å². The zero-order chi connectivity index (χ0) is 35.0. The summed E-state index contributed by atoms with van der Waals surface area (Å²) in [6, 6.07) is 20.0. The van der Waals surface area contributed by atoms with Crippen molar-refractivity contribution in [3.05, 3.63) is 107 Å². The second-order valence-electron chi connectivity index (χ2n) is 13.0. The molecule has 0 bridgehead atoms. The molecule has 8 nitrogen and oxygen atoms in total. The summed E-state index contributed by atoms with van der Waals surface area (Å²) in [6.45, 7) is 3.75. The van der Waals surface area contributed by atoms with Crippen molar-refractivity contribution in [2.45, 2.75) is 31.1 Å². The lowest BCUT2D eigenvalue weighted by molar-refractivity contribution is 0.172. The van der Waals surface area contributed by atoms with Crippen LogP contribution in [0.5, 0.6) is 34.5 Å². The second-order valence-corrected chi connectivity index (χ2v) is 13.0. The highest BCUT2D eigenvalue weighted by atomic mass is 19.1. The molecule has 4 aromatic rings. The third kappa shape index (κ3) is 6.98. The summed E-state index contributed by atoms with van der Waals surface area (Å²) in [5.41, 5.74) is 2.59. The standard InChI is InChI=1S/C39H40F2N2O6/c40-30-5-1-24(2-6-30)33-9-11-42-18-28(33)20-44-32-14-27(39-38(16-32)48-23-49-39)13-26-15-36-37(47-22-46-36)17-35(26)45-21-29-19-43-12-10-34(29)25-3-7-31(41)8-4-25/h1-8,14-17,28-29,33-34,42-43H,9-13,18-23H2/t28-,29-,33-,34-/m0/s1/i13+1D2. The van der Waals surface area contributed by atoms with E-state index in [-0.39, 0.29) is 60.0 Å². The number of rotatable bonds is 10. The van der Waals surface area contributed by atoms with Gasteiger partial charge in [-0.3, -0.25) is 0 Å². The van der Waals surface area contributed by atoms with Gasteiger partial charge in [0.2, 0.25) is 13.6 Å². The quantitative estimate of drug-likeness (QED) is 0.184. The molecule has 256 valence electrons. The van der Waals surface area contributed by atoms with Crippen molar-refractivity contribution in [2.75, 3.05) is 53.0 Å². The number of piperidine rings is 2. The fourth-order valence-electron chi connectivity index (χ4n) is 7.34. The Kier molecular flexibility index (Phi) is 8.47. The van der Waals surface area contributed by atoms with Crippen LogP contribution in [-0.4, -0.2) is 53.0 Å². The van der Waals surface area contributed by atoms with Crippen LogP contribution in [0.3, 0.4) is 0 Å². The molecule has 0 aliphatic carbocycles. The van der Waals surface area contributed by atoms with E-state index < -0.39 is 6.37 Å². The predicted octanol–water partition coefficient (Wildman–Crippen LogP) is 6.56. The number of fused-ring (bicyclic) bond motifs is 2. The molecule has 4 atom stereocenters. The maximum Gasteiger partial charge on any atom is 0.231 e. The minimum Gasteiger partial charge on any atom is -0.493 e. The lowest BCUT2D eigenvalue weighted by atomic mass is 9.81. The Balaban J connectivity index is 1.07. The number of hydrogen-bond donors (Lipinski definition) is 2. The molecule has 4 aliphatic heterocycles. The summed E-state index contributed by atoms with van der Waals surface area (Å²) in [7, 11) is 0. The summed E-state index contributed by atoms with van der Waals surface area (Å²) >= 11 is 0. The molecule has 4 aliphatic rings. The highest BCUT2D eigenvalue weighted by Crippen LogP contribution is 2.44. The molecule has 0 unspecified atom stereocenters. The topological polar surface area (TPSA) is 79.4 Å². The molecule has 49 heavy (non-hydrogen) atoms.